The fourth-order valence-electron chi connectivity index (χ4n) is 3.76. The Morgan fingerprint density at radius 2 is 1.96 bits per heavy atom. The molecule has 0 aliphatic carbocycles. The van der Waals surface area contributed by atoms with Crippen molar-refractivity contribution in [2.45, 2.75) is 38.8 Å². The Labute approximate surface area is 158 Å². The van der Waals surface area contributed by atoms with Crippen molar-refractivity contribution in [3.8, 4) is 0 Å². The van der Waals surface area contributed by atoms with E-state index in [4.69, 9.17) is 5.73 Å². The Morgan fingerprint density at radius 1 is 1.19 bits per heavy atom. The standard InChI is InChI=1S/C17H26N10/c1-4-26-15(10-24(2)3)22-23-16(26)12-5-7-25(8-6-12)13-9-14-21-19-11-27(14)17(18)20-13/h9,11-12H,4-8,10H2,1-3H3,(H2,18,20). The second-order valence-corrected chi connectivity index (χ2v) is 7.25. The third-order valence-electron chi connectivity index (χ3n) is 5.12. The van der Waals surface area contributed by atoms with E-state index in [9.17, 15) is 0 Å². The van der Waals surface area contributed by atoms with Crippen LogP contribution in [0.25, 0.3) is 5.65 Å². The Bertz CT molecular complexity index is 919. The van der Waals surface area contributed by atoms with Crippen LogP contribution in [0.4, 0.5) is 11.8 Å². The summed E-state index contributed by atoms with van der Waals surface area (Å²) in [6.07, 6.45) is 3.61. The number of fused-ring (bicyclic) bond motifs is 1. The number of aromatic nitrogens is 7. The van der Waals surface area contributed by atoms with Crippen LogP contribution in [-0.2, 0) is 13.1 Å². The Morgan fingerprint density at radius 3 is 2.67 bits per heavy atom. The molecule has 0 radical (unpaired) electrons. The van der Waals surface area contributed by atoms with Crippen LogP contribution in [0.15, 0.2) is 12.4 Å². The quantitative estimate of drug-likeness (QED) is 0.702. The summed E-state index contributed by atoms with van der Waals surface area (Å²) in [5, 5.41) is 16.9. The van der Waals surface area contributed by atoms with Crippen molar-refractivity contribution in [1.82, 2.24) is 39.2 Å². The normalized spacial score (nSPS) is 15.9. The predicted octanol–water partition coefficient (Wildman–Crippen LogP) is 0.763. The van der Waals surface area contributed by atoms with Gasteiger partial charge in [0.05, 0.1) is 6.54 Å². The van der Waals surface area contributed by atoms with Gasteiger partial charge < -0.3 is 20.1 Å². The van der Waals surface area contributed by atoms with Gasteiger partial charge in [-0.3, -0.25) is 4.40 Å². The van der Waals surface area contributed by atoms with Crippen molar-refractivity contribution < 1.29 is 0 Å². The summed E-state index contributed by atoms with van der Waals surface area (Å²) in [6, 6.07) is 1.94. The third kappa shape index (κ3) is 3.32. The molecule has 1 saturated heterocycles. The Balaban J connectivity index is 1.49. The SMILES string of the molecule is CCn1c(CN(C)C)nnc1C1CCN(c2cc3nncn3c(N)n2)CC1. The number of anilines is 2. The number of hydrogen-bond donors (Lipinski definition) is 1. The fraction of sp³-hybridized carbons (Fsp3) is 0.588. The molecule has 3 aromatic rings. The average molecular weight is 370 g/mol. The van der Waals surface area contributed by atoms with Gasteiger partial charge in [-0.1, -0.05) is 0 Å². The van der Waals surface area contributed by atoms with E-state index in [2.05, 4.69) is 60.8 Å². The number of rotatable bonds is 5. The predicted molar refractivity (Wildman–Crippen MR) is 102 cm³/mol. The summed E-state index contributed by atoms with van der Waals surface area (Å²) in [7, 11) is 4.11. The third-order valence-corrected chi connectivity index (χ3v) is 5.12. The minimum absolute atomic E-state index is 0.411. The van der Waals surface area contributed by atoms with Crippen molar-refractivity contribution in [3.05, 3.63) is 24.0 Å². The Hall–Kier alpha value is -2.75. The number of nitrogens with two attached hydrogens (primary N) is 1. The minimum atomic E-state index is 0.411. The lowest BCUT2D eigenvalue weighted by Gasteiger charge is -2.32. The van der Waals surface area contributed by atoms with Crippen LogP contribution in [0.5, 0.6) is 0 Å². The molecule has 3 aromatic heterocycles. The fourth-order valence-corrected chi connectivity index (χ4v) is 3.76. The first kappa shape index (κ1) is 17.7. The van der Waals surface area contributed by atoms with Crippen molar-refractivity contribution >= 4 is 17.4 Å². The highest BCUT2D eigenvalue weighted by Gasteiger charge is 2.27. The van der Waals surface area contributed by atoms with Crippen molar-refractivity contribution in [3.63, 3.8) is 0 Å². The van der Waals surface area contributed by atoms with Crippen molar-refractivity contribution in [1.29, 1.82) is 0 Å². The lowest BCUT2D eigenvalue weighted by atomic mass is 9.96. The topological polar surface area (TPSA) is 106 Å². The summed E-state index contributed by atoms with van der Waals surface area (Å²) in [4.78, 5) is 8.90. The van der Waals surface area contributed by atoms with Gasteiger partial charge in [-0.05, 0) is 33.9 Å². The Kier molecular flexibility index (Phi) is 4.65. The molecule has 27 heavy (non-hydrogen) atoms. The first-order chi connectivity index (χ1) is 13.1. The average Bonchev–Trinajstić information content (AvgIpc) is 3.28. The smallest absolute Gasteiger partial charge is 0.209 e. The van der Waals surface area contributed by atoms with Gasteiger partial charge in [0.15, 0.2) is 5.65 Å². The number of nitrogens with zero attached hydrogens (tertiary/aromatic N) is 9. The summed E-state index contributed by atoms with van der Waals surface area (Å²) >= 11 is 0. The van der Waals surface area contributed by atoms with E-state index in [-0.39, 0.29) is 0 Å². The molecule has 0 aromatic carbocycles. The molecule has 1 aliphatic heterocycles. The van der Waals surface area contributed by atoms with Crippen molar-refractivity contribution in [2.24, 2.45) is 0 Å². The second-order valence-electron chi connectivity index (χ2n) is 7.25. The molecule has 4 rings (SSSR count). The van der Waals surface area contributed by atoms with Gasteiger partial charge in [-0.2, -0.15) is 4.98 Å². The van der Waals surface area contributed by atoms with Gasteiger partial charge in [0, 0.05) is 31.6 Å². The molecule has 0 spiro atoms. The zero-order chi connectivity index (χ0) is 19.0. The summed E-state index contributed by atoms with van der Waals surface area (Å²) in [6.45, 7) is 5.66. The van der Waals surface area contributed by atoms with Gasteiger partial charge >= 0.3 is 0 Å². The maximum atomic E-state index is 6.03. The summed E-state index contributed by atoms with van der Waals surface area (Å²) in [5.41, 5.74) is 6.75. The molecule has 1 aliphatic rings. The molecular formula is C17H26N10. The van der Waals surface area contributed by atoms with Crippen LogP contribution >= 0.6 is 0 Å². The largest absolute Gasteiger partial charge is 0.369 e. The molecule has 1 fully saturated rings. The molecule has 2 N–H and O–H groups in total. The van der Waals surface area contributed by atoms with Crippen LogP contribution in [-0.4, -0.2) is 66.4 Å². The maximum absolute atomic E-state index is 6.03. The van der Waals surface area contributed by atoms with E-state index < -0.39 is 0 Å². The van der Waals surface area contributed by atoms with E-state index in [0.717, 1.165) is 62.1 Å². The molecule has 144 valence electrons. The summed E-state index contributed by atoms with van der Waals surface area (Å²) in [5.74, 6) is 3.82. The molecule has 0 atom stereocenters. The van der Waals surface area contributed by atoms with Crippen LogP contribution in [0.2, 0.25) is 0 Å². The van der Waals surface area contributed by atoms with Gasteiger partial charge in [-0.15, -0.1) is 20.4 Å². The van der Waals surface area contributed by atoms with Gasteiger partial charge in [0.25, 0.3) is 0 Å². The highest BCUT2D eigenvalue weighted by atomic mass is 15.3. The van der Waals surface area contributed by atoms with E-state index in [1.54, 1.807) is 10.7 Å². The van der Waals surface area contributed by atoms with E-state index in [1.807, 2.05) is 6.07 Å². The number of nitrogen functional groups attached to an aromatic ring is 1. The molecule has 0 unspecified atom stereocenters. The molecular weight excluding hydrogens is 344 g/mol. The van der Waals surface area contributed by atoms with Crippen LogP contribution in [0.1, 0.15) is 37.3 Å². The number of hydrogen-bond acceptors (Lipinski definition) is 8. The zero-order valence-electron chi connectivity index (χ0n) is 16.1. The van der Waals surface area contributed by atoms with Gasteiger partial charge in [0.1, 0.15) is 23.8 Å². The molecule has 0 saturated carbocycles. The van der Waals surface area contributed by atoms with Crippen molar-refractivity contribution in [2.75, 3.05) is 37.8 Å². The van der Waals surface area contributed by atoms with E-state index in [1.165, 1.54) is 0 Å². The molecule has 0 amide bonds. The molecule has 10 heteroatoms. The van der Waals surface area contributed by atoms with Crippen LogP contribution in [0, 0.1) is 0 Å². The molecule has 0 bridgehead atoms. The van der Waals surface area contributed by atoms with E-state index >= 15 is 0 Å². The molecule has 10 nitrogen and oxygen atoms in total. The minimum Gasteiger partial charge on any atom is -0.369 e. The lowest BCUT2D eigenvalue weighted by molar-refractivity contribution is 0.377. The second kappa shape index (κ2) is 7.10. The first-order valence-corrected chi connectivity index (χ1v) is 9.34. The molecule has 4 heterocycles. The van der Waals surface area contributed by atoms with Gasteiger partial charge in [-0.25, -0.2) is 0 Å². The van der Waals surface area contributed by atoms with Gasteiger partial charge in [0.2, 0.25) is 5.95 Å². The van der Waals surface area contributed by atoms with E-state index in [0.29, 0.717) is 11.9 Å². The summed E-state index contributed by atoms with van der Waals surface area (Å²) < 4.78 is 3.95. The number of piperidine rings is 1. The van der Waals surface area contributed by atoms with Crippen LogP contribution < -0.4 is 10.6 Å². The first-order valence-electron chi connectivity index (χ1n) is 9.34. The monoisotopic (exact) mass is 370 g/mol. The van der Waals surface area contributed by atoms with Crippen LogP contribution in [0.3, 0.4) is 0 Å². The maximum Gasteiger partial charge on any atom is 0.209 e. The highest BCUT2D eigenvalue weighted by molar-refractivity contribution is 5.55. The zero-order valence-corrected chi connectivity index (χ0v) is 16.1. The lowest BCUT2D eigenvalue weighted by Crippen LogP contribution is -2.34. The highest BCUT2D eigenvalue weighted by Crippen LogP contribution is 2.30.